The molecule has 4 nitrogen and oxygen atoms in total. The van der Waals surface area contributed by atoms with Crippen LogP contribution in [0.3, 0.4) is 0 Å². The number of hydrogen-bond acceptors (Lipinski definition) is 4. The van der Waals surface area contributed by atoms with Crippen LogP contribution in [0.5, 0.6) is 17.2 Å². The molecule has 0 bridgehead atoms. The average Bonchev–Trinajstić information content (AvgIpc) is 2.51. The van der Waals surface area contributed by atoms with Crippen LogP contribution in [0.1, 0.15) is 17.5 Å². The highest BCUT2D eigenvalue weighted by atomic mass is 16.5. The smallest absolute Gasteiger partial charge is 0.162 e. The molecule has 2 N–H and O–H groups in total. The third-order valence-corrected chi connectivity index (χ3v) is 3.34. The molecule has 0 atom stereocenters. The van der Waals surface area contributed by atoms with E-state index in [-0.39, 0.29) is 0 Å². The molecule has 22 heavy (non-hydrogen) atoms. The molecule has 2 aromatic rings. The van der Waals surface area contributed by atoms with Crippen molar-refractivity contribution in [1.82, 2.24) is 0 Å². The van der Waals surface area contributed by atoms with Crippen molar-refractivity contribution in [2.45, 2.75) is 20.3 Å². The monoisotopic (exact) mass is 301 g/mol. The van der Waals surface area contributed by atoms with Gasteiger partial charge in [-0.25, -0.2) is 0 Å². The molecule has 0 heterocycles. The summed E-state index contributed by atoms with van der Waals surface area (Å²) in [5.41, 5.74) is 8.71. The number of methoxy groups -OCH3 is 1. The van der Waals surface area contributed by atoms with Gasteiger partial charge < -0.3 is 19.9 Å². The first-order valence-corrected chi connectivity index (χ1v) is 7.36. The molecule has 2 rings (SSSR count). The summed E-state index contributed by atoms with van der Waals surface area (Å²) in [6, 6.07) is 11.6. The Hall–Kier alpha value is -2.36. The van der Waals surface area contributed by atoms with E-state index in [1.54, 1.807) is 19.2 Å². The molecule has 0 radical (unpaired) electrons. The van der Waals surface area contributed by atoms with Crippen molar-refractivity contribution >= 4 is 5.69 Å². The Morgan fingerprint density at radius 3 is 2.32 bits per heavy atom. The molecule has 0 fully saturated rings. The van der Waals surface area contributed by atoms with Gasteiger partial charge in [0.25, 0.3) is 0 Å². The lowest BCUT2D eigenvalue weighted by Crippen LogP contribution is -2.06. The van der Waals surface area contributed by atoms with Gasteiger partial charge in [0.2, 0.25) is 0 Å². The van der Waals surface area contributed by atoms with Gasteiger partial charge in [0.05, 0.1) is 20.3 Å². The Labute approximate surface area is 131 Å². The van der Waals surface area contributed by atoms with Crippen molar-refractivity contribution in [3.05, 3.63) is 47.5 Å². The van der Waals surface area contributed by atoms with Gasteiger partial charge in [-0.2, -0.15) is 0 Å². The van der Waals surface area contributed by atoms with Crippen molar-refractivity contribution in [2.75, 3.05) is 26.1 Å². The fourth-order valence-electron chi connectivity index (χ4n) is 2.09. The van der Waals surface area contributed by atoms with E-state index in [0.29, 0.717) is 30.4 Å². The van der Waals surface area contributed by atoms with Crippen LogP contribution < -0.4 is 19.9 Å². The van der Waals surface area contributed by atoms with Gasteiger partial charge >= 0.3 is 0 Å². The number of benzene rings is 2. The summed E-state index contributed by atoms with van der Waals surface area (Å²) in [6.45, 7) is 5.28. The summed E-state index contributed by atoms with van der Waals surface area (Å²) in [5, 5.41) is 0. The van der Waals surface area contributed by atoms with E-state index in [9.17, 15) is 0 Å². The predicted molar refractivity (Wildman–Crippen MR) is 88.9 cm³/mol. The number of rotatable bonds is 7. The fourth-order valence-corrected chi connectivity index (χ4v) is 2.09. The maximum Gasteiger partial charge on any atom is 0.162 e. The van der Waals surface area contributed by atoms with E-state index < -0.39 is 0 Å². The number of nitrogens with two attached hydrogens (primary N) is 1. The maximum absolute atomic E-state index is 5.80. The molecule has 2 aromatic carbocycles. The lowest BCUT2D eigenvalue weighted by Gasteiger charge is -2.12. The summed E-state index contributed by atoms with van der Waals surface area (Å²) < 4.78 is 16.8. The number of hydrogen-bond donors (Lipinski definition) is 1. The third-order valence-electron chi connectivity index (χ3n) is 3.34. The lowest BCUT2D eigenvalue weighted by atomic mass is 10.1. The third kappa shape index (κ3) is 4.32. The summed E-state index contributed by atoms with van der Waals surface area (Å²) in [5.74, 6) is 2.28. The molecule has 0 unspecified atom stereocenters. The van der Waals surface area contributed by atoms with Crippen LogP contribution in [0.2, 0.25) is 0 Å². The van der Waals surface area contributed by atoms with Crippen LogP contribution in [0.4, 0.5) is 5.69 Å². The highest BCUT2D eigenvalue weighted by Crippen LogP contribution is 2.29. The first-order valence-electron chi connectivity index (χ1n) is 7.36. The summed E-state index contributed by atoms with van der Waals surface area (Å²) >= 11 is 0. The summed E-state index contributed by atoms with van der Waals surface area (Å²) in [6.07, 6.45) is 0.793. The topological polar surface area (TPSA) is 53.7 Å². The quantitative estimate of drug-likeness (QED) is 0.625. The van der Waals surface area contributed by atoms with Crippen molar-refractivity contribution in [3.63, 3.8) is 0 Å². The largest absolute Gasteiger partial charge is 0.493 e. The molecule has 4 heteroatoms. The molecule has 0 aliphatic heterocycles. The Morgan fingerprint density at radius 1 is 0.864 bits per heavy atom. The van der Waals surface area contributed by atoms with E-state index in [1.807, 2.05) is 13.0 Å². The molecule has 0 amide bonds. The van der Waals surface area contributed by atoms with Gasteiger partial charge in [-0.3, -0.25) is 0 Å². The minimum absolute atomic E-state index is 0.561. The highest BCUT2D eigenvalue weighted by molar-refractivity contribution is 5.51. The van der Waals surface area contributed by atoms with Crippen molar-refractivity contribution in [1.29, 1.82) is 0 Å². The predicted octanol–water partition coefficient (Wildman–Crippen LogP) is 3.74. The van der Waals surface area contributed by atoms with E-state index in [1.165, 1.54) is 5.56 Å². The molecule has 118 valence electrons. The Morgan fingerprint density at radius 2 is 1.59 bits per heavy atom. The van der Waals surface area contributed by atoms with Gasteiger partial charge in [0.15, 0.2) is 11.5 Å². The van der Waals surface area contributed by atoms with Crippen molar-refractivity contribution in [3.8, 4) is 17.2 Å². The number of aryl methyl sites for hydroxylation is 2. The van der Waals surface area contributed by atoms with E-state index in [0.717, 1.165) is 17.7 Å². The molecule has 0 aliphatic carbocycles. The van der Waals surface area contributed by atoms with Crippen LogP contribution in [0.15, 0.2) is 36.4 Å². The standard InChI is InChI=1S/C18H23NO3/c1-13-5-6-14(2)17(11-13)22-10-4-9-21-16-8-7-15(19)12-18(16)20-3/h5-8,11-12H,4,9-10,19H2,1-3H3. The molecule has 0 aromatic heterocycles. The zero-order valence-corrected chi connectivity index (χ0v) is 13.4. The van der Waals surface area contributed by atoms with Gasteiger partial charge in [-0.15, -0.1) is 0 Å². The lowest BCUT2D eigenvalue weighted by molar-refractivity contribution is 0.239. The minimum Gasteiger partial charge on any atom is -0.493 e. The van der Waals surface area contributed by atoms with Crippen LogP contribution >= 0.6 is 0 Å². The number of ether oxygens (including phenoxy) is 3. The second kappa shape index (κ2) is 7.59. The summed E-state index contributed by atoms with van der Waals surface area (Å²) in [7, 11) is 1.60. The Kier molecular flexibility index (Phi) is 5.53. The zero-order valence-electron chi connectivity index (χ0n) is 13.4. The Balaban J connectivity index is 1.79. The van der Waals surface area contributed by atoms with E-state index >= 15 is 0 Å². The van der Waals surface area contributed by atoms with Gasteiger partial charge in [-0.05, 0) is 43.2 Å². The average molecular weight is 301 g/mol. The van der Waals surface area contributed by atoms with Crippen LogP contribution in [-0.4, -0.2) is 20.3 Å². The van der Waals surface area contributed by atoms with Crippen LogP contribution in [0, 0.1) is 13.8 Å². The van der Waals surface area contributed by atoms with E-state index in [4.69, 9.17) is 19.9 Å². The maximum atomic E-state index is 5.80. The molecular weight excluding hydrogens is 278 g/mol. The molecule has 0 saturated carbocycles. The zero-order chi connectivity index (χ0) is 15.9. The molecule has 0 saturated heterocycles. The fraction of sp³-hybridized carbons (Fsp3) is 0.333. The molecular formula is C18H23NO3. The highest BCUT2D eigenvalue weighted by Gasteiger charge is 2.05. The first-order chi connectivity index (χ1) is 10.6. The Bertz CT molecular complexity index is 626. The van der Waals surface area contributed by atoms with Crippen LogP contribution in [-0.2, 0) is 0 Å². The van der Waals surface area contributed by atoms with Crippen molar-refractivity contribution in [2.24, 2.45) is 0 Å². The summed E-state index contributed by atoms with van der Waals surface area (Å²) in [4.78, 5) is 0. The SMILES string of the molecule is COc1cc(N)ccc1OCCCOc1cc(C)ccc1C. The van der Waals surface area contributed by atoms with Crippen molar-refractivity contribution < 1.29 is 14.2 Å². The normalized spacial score (nSPS) is 10.3. The van der Waals surface area contributed by atoms with Crippen LogP contribution in [0.25, 0.3) is 0 Å². The second-order valence-electron chi connectivity index (χ2n) is 5.23. The number of anilines is 1. The van der Waals surface area contributed by atoms with E-state index in [2.05, 4.69) is 25.1 Å². The second-order valence-corrected chi connectivity index (χ2v) is 5.23. The molecule has 0 aliphatic rings. The van der Waals surface area contributed by atoms with Gasteiger partial charge in [0, 0.05) is 18.2 Å². The number of nitrogen functional groups attached to an aromatic ring is 1. The minimum atomic E-state index is 0.561. The van der Waals surface area contributed by atoms with Gasteiger partial charge in [-0.1, -0.05) is 12.1 Å². The van der Waals surface area contributed by atoms with Gasteiger partial charge in [0.1, 0.15) is 5.75 Å². The first kappa shape index (κ1) is 16.0. The molecule has 0 spiro atoms.